The minimum absolute atomic E-state index is 0.389. The van der Waals surface area contributed by atoms with Crippen molar-refractivity contribution in [1.82, 2.24) is 4.98 Å². The first-order valence-electron chi connectivity index (χ1n) is 6.62. The number of nitrogens with zero attached hydrogens (tertiary/aromatic N) is 2. The van der Waals surface area contributed by atoms with Gasteiger partial charge in [-0.1, -0.05) is 0 Å². The molecule has 0 radical (unpaired) electrons. The zero-order chi connectivity index (χ0) is 15.1. The summed E-state index contributed by atoms with van der Waals surface area (Å²) in [6, 6.07) is 3.65. The molecule has 0 saturated carbocycles. The molecule has 2 rings (SSSR count). The molecule has 0 amide bonds. The molecule has 1 saturated heterocycles. The summed E-state index contributed by atoms with van der Waals surface area (Å²) < 4.78 is 11.9. The molecule has 1 aromatic heterocycles. The average molecular weight is 274 g/mol. The van der Waals surface area contributed by atoms with Gasteiger partial charge >= 0.3 is 7.12 Å². The molecular formula is C14H19BN2O3. The number of nitriles is 1. The first-order valence-corrected chi connectivity index (χ1v) is 6.62. The van der Waals surface area contributed by atoms with Gasteiger partial charge in [0.05, 0.1) is 34.5 Å². The lowest BCUT2D eigenvalue weighted by Gasteiger charge is -2.32. The summed E-state index contributed by atoms with van der Waals surface area (Å²) in [5, 5.41) is 19.1. The fraction of sp³-hybridized carbons (Fsp3) is 0.571. The minimum atomic E-state index is -0.813. The van der Waals surface area contributed by atoms with Crippen LogP contribution in [0.2, 0.25) is 0 Å². The molecule has 1 aliphatic rings. The predicted molar refractivity (Wildman–Crippen MR) is 75.3 cm³/mol. The van der Waals surface area contributed by atoms with E-state index in [9.17, 15) is 5.11 Å². The van der Waals surface area contributed by atoms with Gasteiger partial charge in [0.25, 0.3) is 0 Å². The standard InChI is InChI=1S/C14H19BN2O3/c1-9(18)11-10(8-16)6-7-17-12(11)15-19-13(2,3)14(4,5)20-15/h6-7,9,18H,1-5H3. The van der Waals surface area contributed by atoms with Gasteiger partial charge in [0, 0.05) is 11.8 Å². The lowest BCUT2D eigenvalue weighted by molar-refractivity contribution is 0.00578. The third-order valence-corrected chi connectivity index (χ3v) is 4.04. The van der Waals surface area contributed by atoms with Crippen LogP contribution in [0.4, 0.5) is 0 Å². The van der Waals surface area contributed by atoms with Crippen molar-refractivity contribution in [2.45, 2.75) is 51.9 Å². The van der Waals surface area contributed by atoms with Gasteiger partial charge in [0.1, 0.15) is 0 Å². The molecule has 6 heteroatoms. The molecule has 1 aromatic rings. The van der Waals surface area contributed by atoms with Crippen molar-refractivity contribution in [2.75, 3.05) is 0 Å². The average Bonchev–Trinajstić information content (AvgIpc) is 2.57. The topological polar surface area (TPSA) is 75.4 Å². The zero-order valence-corrected chi connectivity index (χ0v) is 12.5. The monoisotopic (exact) mass is 274 g/mol. The van der Waals surface area contributed by atoms with Crippen LogP contribution >= 0.6 is 0 Å². The summed E-state index contributed by atoms with van der Waals surface area (Å²) in [5.41, 5.74) is 0.349. The summed E-state index contributed by atoms with van der Waals surface area (Å²) in [4.78, 5) is 4.26. The van der Waals surface area contributed by atoms with Crippen molar-refractivity contribution in [3.63, 3.8) is 0 Å². The van der Waals surface area contributed by atoms with Crippen LogP contribution in [0.1, 0.15) is 51.8 Å². The SMILES string of the molecule is CC(O)c1c(C#N)ccnc1B1OC(C)(C)C(C)(C)O1. The molecule has 2 heterocycles. The number of hydrogen-bond donors (Lipinski definition) is 1. The van der Waals surface area contributed by atoms with Crippen molar-refractivity contribution in [2.24, 2.45) is 0 Å². The van der Waals surface area contributed by atoms with E-state index in [-0.39, 0.29) is 0 Å². The van der Waals surface area contributed by atoms with E-state index in [0.717, 1.165) is 0 Å². The first kappa shape index (κ1) is 15.0. The maximum absolute atomic E-state index is 9.93. The van der Waals surface area contributed by atoms with E-state index >= 15 is 0 Å². The quantitative estimate of drug-likeness (QED) is 0.823. The van der Waals surface area contributed by atoms with E-state index in [4.69, 9.17) is 14.6 Å². The molecule has 1 N–H and O–H groups in total. The Kier molecular flexibility index (Phi) is 3.63. The third kappa shape index (κ3) is 2.33. The molecule has 106 valence electrons. The second-order valence-electron chi connectivity index (χ2n) is 6.03. The Morgan fingerprint density at radius 2 is 1.85 bits per heavy atom. The van der Waals surface area contributed by atoms with Gasteiger partial charge in [-0.05, 0) is 40.7 Å². The number of rotatable bonds is 2. The summed E-state index contributed by atoms with van der Waals surface area (Å²) >= 11 is 0. The lowest BCUT2D eigenvalue weighted by Crippen LogP contribution is -2.41. The van der Waals surface area contributed by atoms with E-state index in [1.807, 2.05) is 27.7 Å². The van der Waals surface area contributed by atoms with E-state index in [1.54, 1.807) is 13.0 Å². The van der Waals surface area contributed by atoms with E-state index < -0.39 is 24.4 Å². The number of aromatic nitrogens is 1. The molecule has 5 nitrogen and oxygen atoms in total. The lowest BCUT2D eigenvalue weighted by atomic mass is 9.78. The van der Waals surface area contributed by atoms with Crippen molar-refractivity contribution in [1.29, 1.82) is 5.26 Å². The second kappa shape index (κ2) is 4.85. The maximum Gasteiger partial charge on any atom is 0.514 e. The van der Waals surface area contributed by atoms with Crippen LogP contribution < -0.4 is 5.59 Å². The number of aliphatic hydroxyl groups is 1. The Balaban J connectivity index is 2.48. The van der Waals surface area contributed by atoms with E-state index in [2.05, 4.69) is 11.1 Å². The molecule has 0 aliphatic carbocycles. The summed E-state index contributed by atoms with van der Waals surface area (Å²) in [6.45, 7) is 9.39. The highest BCUT2D eigenvalue weighted by Gasteiger charge is 2.53. The van der Waals surface area contributed by atoms with Crippen LogP contribution in [-0.2, 0) is 9.31 Å². The van der Waals surface area contributed by atoms with Gasteiger partial charge in [-0.2, -0.15) is 5.26 Å². The maximum atomic E-state index is 9.93. The molecular weight excluding hydrogens is 255 g/mol. The summed E-state index contributed by atoms with van der Waals surface area (Å²) in [6.07, 6.45) is 0.720. The van der Waals surface area contributed by atoms with Crippen LogP contribution in [-0.4, -0.2) is 28.4 Å². The normalized spacial score (nSPS) is 21.6. The van der Waals surface area contributed by atoms with Crippen molar-refractivity contribution >= 4 is 12.7 Å². The largest absolute Gasteiger partial charge is 0.514 e. The van der Waals surface area contributed by atoms with Crippen molar-refractivity contribution in [3.05, 3.63) is 23.4 Å². The summed E-state index contributed by atoms with van der Waals surface area (Å²) in [5.74, 6) is 0. The van der Waals surface area contributed by atoms with Crippen LogP contribution in [0.3, 0.4) is 0 Å². The fourth-order valence-corrected chi connectivity index (χ4v) is 2.17. The molecule has 1 aliphatic heterocycles. The molecule has 20 heavy (non-hydrogen) atoms. The molecule has 1 atom stereocenters. The van der Waals surface area contributed by atoms with Crippen LogP contribution in [0, 0.1) is 11.3 Å². The highest BCUT2D eigenvalue weighted by Crippen LogP contribution is 2.36. The van der Waals surface area contributed by atoms with Crippen molar-refractivity contribution < 1.29 is 14.4 Å². The highest BCUT2D eigenvalue weighted by atomic mass is 16.7. The highest BCUT2D eigenvalue weighted by molar-refractivity contribution is 6.61. The van der Waals surface area contributed by atoms with Gasteiger partial charge < -0.3 is 14.4 Å². The predicted octanol–water partition coefficient (Wildman–Crippen LogP) is 1.31. The Bertz CT molecular complexity index is 548. The Morgan fingerprint density at radius 1 is 1.30 bits per heavy atom. The molecule has 1 unspecified atom stereocenters. The van der Waals surface area contributed by atoms with Gasteiger partial charge in [-0.15, -0.1) is 0 Å². The van der Waals surface area contributed by atoms with E-state index in [0.29, 0.717) is 16.7 Å². The Morgan fingerprint density at radius 3 is 2.30 bits per heavy atom. The first-order chi connectivity index (χ1) is 9.19. The van der Waals surface area contributed by atoms with Gasteiger partial charge in [0.15, 0.2) is 0 Å². The van der Waals surface area contributed by atoms with Gasteiger partial charge in [-0.25, -0.2) is 0 Å². The second-order valence-corrected chi connectivity index (χ2v) is 6.03. The number of aliphatic hydroxyl groups excluding tert-OH is 1. The van der Waals surface area contributed by atoms with Crippen LogP contribution in [0.5, 0.6) is 0 Å². The Hall–Kier alpha value is -1.42. The number of pyridine rings is 1. The molecule has 0 bridgehead atoms. The third-order valence-electron chi connectivity index (χ3n) is 4.04. The van der Waals surface area contributed by atoms with Crippen molar-refractivity contribution in [3.8, 4) is 6.07 Å². The zero-order valence-electron chi connectivity index (χ0n) is 12.5. The van der Waals surface area contributed by atoms with Crippen LogP contribution in [0.15, 0.2) is 12.3 Å². The summed E-state index contributed by atoms with van der Waals surface area (Å²) in [7, 11) is -0.683. The fourth-order valence-electron chi connectivity index (χ4n) is 2.17. The minimum Gasteiger partial charge on any atom is -0.398 e. The van der Waals surface area contributed by atoms with Crippen LogP contribution in [0.25, 0.3) is 0 Å². The smallest absolute Gasteiger partial charge is 0.398 e. The molecule has 0 spiro atoms. The Labute approximate surface area is 119 Å². The van der Waals surface area contributed by atoms with Gasteiger partial charge in [-0.3, -0.25) is 4.98 Å². The number of hydrogen-bond acceptors (Lipinski definition) is 5. The van der Waals surface area contributed by atoms with E-state index in [1.165, 1.54) is 6.20 Å². The molecule has 1 fully saturated rings. The molecule has 0 aromatic carbocycles. The van der Waals surface area contributed by atoms with Gasteiger partial charge in [0.2, 0.25) is 0 Å².